The third-order valence-corrected chi connectivity index (χ3v) is 5.08. The van der Waals surface area contributed by atoms with Crippen LogP contribution < -0.4 is 10.9 Å². The highest BCUT2D eigenvalue weighted by Crippen LogP contribution is 2.34. The molecule has 4 heterocycles. The van der Waals surface area contributed by atoms with Gasteiger partial charge in [0.2, 0.25) is 0 Å². The molecule has 3 aromatic rings. The molecular formula is C16H15N5O2S. The molecule has 1 amide bonds. The summed E-state index contributed by atoms with van der Waals surface area (Å²) in [4.78, 5) is 29.5. The minimum Gasteiger partial charge on any atom is -0.306 e. The van der Waals surface area contributed by atoms with Gasteiger partial charge in [-0.15, -0.1) is 0 Å². The number of nitrogens with zero attached hydrogens (tertiary/aromatic N) is 4. The van der Waals surface area contributed by atoms with Gasteiger partial charge >= 0.3 is 0 Å². The lowest BCUT2D eigenvalue weighted by molar-refractivity contribution is 0.102. The average molecular weight is 341 g/mol. The molecule has 0 radical (unpaired) electrons. The van der Waals surface area contributed by atoms with Crippen LogP contribution in [0.5, 0.6) is 0 Å². The maximum atomic E-state index is 12.7. The highest BCUT2D eigenvalue weighted by atomic mass is 32.2. The van der Waals surface area contributed by atoms with Crippen molar-refractivity contribution in [2.24, 2.45) is 7.05 Å². The number of rotatable bonds is 2. The molecule has 8 heteroatoms. The van der Waals surface area contributed by atoms with Crippen molar-refractivity contribution in [3.8, 4) is 0 Å². The van der Waals surface area contributed by atoms with Gasteiger partial charge in [-0.2, -0.15) is 16.9 Å². The predicted molar refractivity (Wildman–Crippen MR) is 92.4 cm³/mol. The Hall–Kier alpha value is -2.61. The lowest BCUT2D eigenvalue weighted by Gasteiger charge is -2.09. The molecule has 0 fully saturated rings. The molecule has 0 aromatic carbocycles. The number of aryl methyl sites for hydroxylation is 2. The number of anilines is 1. The van der Waals surface area contributed by atoms with Gasteiger partial charge in [0.1, 0.15) is 17.0 Å². The quantitative estimate of drug-likeness (QED) is 0.768. The summed E-state index contributed by atoms with van der Waals surface area (Å²) in [5, 5.41) is 7.23. The van der Waals surface area contributed by atoms with Crippen molar-refractivity contribution in [2.45, 2.75) is 18.4 Å². The van der Waals surface area contributed by atoms with Gasteiger partial charge in [-0.05, 0) is 19.1 Å². The summed E-state index contributed by atoms with van der Waals surface area (Å²) in [6.45, 7) is 1.81. The van der Waals surface area contributed by atoms with Crippen molar-refractivity contribution in [3.63, 3.8) is 0 Å². The largest absolute Gasteiger partial charge is 0.306 e. The van der Waals surface area contributed by atoms with E-state index in [0.717, 1.165) is 28.5 Å². The first-order valence-corrected chi connectivity index (χ1v) is 8.63. The van der Waals surface area contributed by atoms with Crippen molar-refractivity contribution < 1.29 is 4.79 Å². The van der Waals surface area contributed by atoms with Crippen molar-refractivity contribution >= 4 is 29.1 Å². The Kier molecular flexibility index (Phi) is 3.42. The molecule has 7 nitrogen and oxygen atoms in total. The number of hydrogen-bond donors (Lipinski definition) is 1. The zero-order valence-electron chi connectivity index (χ0n) is 13.2. The van der Waals surface area contributed by atoms with E-state index in [0.29, 0.717) is 11.5 Å². The van der Waals surface area contributed by atoms with Gasteiger partial charge in [-0.1, -0.05) is 6.07 Å². The second kappa shape index (κ2) is 5.48. The normalized spacial score (nSPS) is 13.2. The molecule has 1 aliphatic heterocycles. The van der Waals surface area contributed by atoms with Crippen LogP contribution >= 0.6 is 11.8 Å². The smallest absolute Gasteiger partial charge is 0.270 e. The van der Waals surface area contributed by atoms with Crippen molar-refractivity contribution in [2.75, 3.05) is 5.32 Å². The molecule has 0 saturated heterocycles. The number of nitrogens with one attached hydrogen (secondary N) is 1. The van der Waals surface area contributed by atoms with E-state index in [4.69, 9.17) is 0 Å². The van der Waals surface area contributed by atoms with Gasteiger partial charge in [0.15, 0.2) is 0 Å². The standard InChI is InChI=1S/C16H15N5O2S/c1-9-4-3-5-13-17-6-10(16(23)21(9)13)15(22)18-14-11-7-24-8-12(11)19-20(14)2/h3-6H,7-8H2,1-2H3,(H,18,22). The van der Waals surface area contributed by atoms with Crippen molar-refractivity contribution in [3.05, 3.63) is 57.3 Å². The van der Waals surface area contributed by atoms with E-state index in [1.165, 1.54) is 10.6 Å². The fraction of sp³-hybridized carbons (Fsp3) is 0.250. The van der Waals surface area contributed by atoms with Gasteiger partial charge in [0.05, 0.1) is 5.69 Å². The highest BCUT2D eigenvalue weighted by Gasteiger charge is 2.24. The van der Waals surface area contributed by atoms with Crippen LogP contribution in [0.1, 0.15) is 27.3 Å². The van der Waals surface area contributed by atoms with Gasteiger partial charge in [-0.3, -0.25) is 18.7 Å². The molecule has 1 aliphatic rings. The van der Waals surface area contributed by atoms with E-state index >= 15 is 0 Å². The Balaban J connectivity index is 1.76. The van der Waals surface area contributed by atoms with E-state index in [2.05, 4.69) is 15.4 Å². The zero-order chi connectivity index (χ0) is 16.8. The molecule has 0 bridgehead atoms. The molecule has 0 saturated carbocycles. The monoisotopic (exact) mass is 341 g/mol. The first-order valence-electron chi connectivity index (χ1n) is 7.47. The Morgan fingerprint density at radius 2 is 2.17 bits per heavy atom. The topological polar surface area (TPSA) is 81.3 Å². The molecule has 122 valence electrons. The van der Waals surface area contributed by atoms with Crippen LogP contribution in [-0.4, -0.2) is 25.1 Å². The average Bonchev–Trinajstić information content (AvgIpc) is 3.10. The van der Waals surface area contributed by atoms with Gasteiger partial charge in [0, 0.05) is 36.0 Å². The maximum absolute atomic E-state index is 12.7. The van der Waals surface area contributed by atoms with Crippen LogP contribution in [0.4, 0.5) is 5.82 Å². The maximum Gasteiger partial charge on any atom is 0.270 e. The Labute approximate surface area is 141 Å². The highest BCUT2D eigenvalue weighted by molar-refractivity contribution is 7.98. The molecule has 0 spiro atoms. The Morgan fingerprint density at radius 1 is 1.33 bits per heavy atom. The summed E-state index contributed by atoms with van der Waals surface area (Å²) < 4.78 is 3.10. The Morgan fingerprint density at radius 3 is 3.00 bits per heavy atom. The summed E-state index contributed by atoms with van der Waals surface area (Å²) in [6, 6.07) is 5.37. The van der Waals surface area contributed by atoms with Crippen LogP contribution in [0.3, 0.4) is 0 Å². The van der Waals surface area contributed by atoms with Gasteiger partial charge < -0.3 is 5.32 Å². The zero-order valence-corrected chi connectivity index (χ0v) is 14.1. The molecule has 4 rings (SSSR count). The molecule has 0 unspecified atom stereocenters. The van der Waals surface area contributed by atoms with E-state index in [1.807, 2.05) is 19.1 Å². The first kappa shape index (κ1) is 14.9. The van der Waals surface area contributed by atoms with Crippen LogP contribution in [0, 0.1) is 6.92 Å². The summed E-state index contributed by atoms with van der Waals surface area (Å²) in [5.41, 5.74) is 2.92. The molecule has 24 heavy (non-hydrogen) atoms. The van der Waals surface area contributed by atoms with Gasteiger partial charge in [0.25, 0.3) is 11.5 Å². The van der Waals surface area contributed by atoms with Crippen LogP contribution in [0.2, 0.25) is 0 Å². The molecule has 1 N–H and O–H groups in total. The Bertz CT molecular complexity index is 1040. The minimum atomic E-state index is -0.465. The molecule has 3 aromatic heterocycles. The van der Waals surface area contributed by atoms with E-state index in [9.17, 15) is 9.59 Å². The summed E-state index contributed by atoms with van der Waals surface area (Å²) in [5.74, 6) is 1.84. The van der Waals surface area contributed by atoms with Gasteiger partial charge in [-0.25, -0.2) is 4.98 Å². The fourth-order valence-corrected chi connectivity index (χ4v) is 3.94. The minimum absolute atomic E-state index is 0.0161. The second-order valence-electron chi connectivity index (χ2n) is 5.68. The molecule has 0 atom stereocenters. The SMILES string of the molecule is Cc1cccc2ncc(C(=O)Nc3c4c(nn3C)CSC4)c(=O)n12. The fourth-order valence-electron chi connectivity index (χ4n) is 2.90. The lowest BCUT2D eigenvalue weighted by atomic mass is 10.2. The number of thioether (sulfide) groups is 1. The summed E-state index contributed by atoms with van der Waals surface area (Å²) in [6.07, 6.45) is 1.33. The van der Waals surface area contributed by atoms with Crippen molar-refractivity contribution in [1.29, 1.82) is 0 Å². The van der Waals surface area contributed by atoms with Crippen LogP contribution in [-0.2, 0) is 18.6 Å². The van der Waals surface area contributed by atoms with E-state index in [-0.39, 0.29) is 11.1 Å². The van der Waals surface area contributed by atoms with E-state index in [1.54, 1.807) is 29.6 Å². The predicted octanol–water partition coefficient (Wildman–Crippen LogP) is 1.74. The number of aromatic nitrogens is 4. The number of carbonyl (C=O) groups excluding carboxylic acids is 1. The third kappa shape index (κ3) is 2.22. The molecular weight excluding hydrogens is 326 g/mol. The number of fused-ring (bicyclic) bond motifs is 2. The summed E-state index contributed by atoms with van der Waals surface area (Å²) >= 11 is 1.76. The van der Waals surface area contributed by atoms with Crippen LogP contribution in [0.25, 0.3) is 5.65 Å². The number of hydrogen-bond acceptors (Lipinski definition) is 5. The van der Waals surface area contributed by atoms with Crippen LogP contribution in [0.15, 0.2) is 29.2 Å². The second-order valence-corrected chi connectivity index (χ2v) is 6.67. The number of carbonyl (C=O) groups is 1. The summed E-state index contributed by atoms with van der Waals surface area (Å²) in [7, 11) is 1.79. The first-order chi connectivity index (χ1) is 11.6. The van der Waals surface area contributed by atoms with Crippen molar-refractivity contribution in [1.82, 2.24) is 19.2 Å². The lowest BCUT2D eigenvalue weighted by Crippen LogP contribution is -2.28. The number of amides is 1. The number of pyridine rings is 1. The van der Waals surface area contributed by atoms with E-state index < -0.39 is 5.91 Å². The molecule has 0 aliphatic carbocycles. The third-order valence-electron chi connectivity index (χ3n) is 4.11.